The first kappa shape index (κ1) is 13.0. The summed E-state index contributed by atoms with van der Waals surface area (Å²) in [4.78, 5) is 7.06. The van der Waals surface area contributed by atoms with Gasteiger partial charge in [0.05, 0.1) is 12.3 Å². The zero-order valence-electron chi connectivity index (χ0n) is 10.6. The third kappa shape index (κ3) is 3.48. The average molecular weight is 255 g/mol. The fourth-order valence-electron chi connectivity index (χ4n) is 1.94. The molecule has 17 heavy (non-hydrogen) atoms. The quantitative estimate of drug-likeness (QED) is 0.868. The van der Waals surface area contributed by atoms with Gasteiger partial charge in [-0.25, -0.2) is 4.98 Å². The zero-order valence-corrected chi connectivity index (χ0v) is 11.4. The van der Waals surface area contributed by atoms with Gasteiger partial charge in [0.15, 0.2) is 0 Å². The monoisotopic (exact) mass is 255 g/mol. The molecule has 2 rings (SSSR count). The maximum Gasteiger partial charge on any atom is 0.123 e. The van der Waals surface area contributed by atoms with Crippen LogP contribution in [0.25, 0.3) is 0 Å². The van der Waals surface area contributed by atoms with Gasteiger partial charge in [-0.3, -0.25) is 4.90 Å². The Hall–Kier alpha value is -0.490. The van der Waals surface area contributed by atoms with E-state index < -0.39 is 0 Å². The van der Waals surface area contributed by atoms with E-state index in [0.29, 0.717) is 0 Å². The van der Waals surface area contributed by atoms with Crippen molar-refractivity contribution >= 4 is 11.3 Å². The predicted octanol–water partition coefficient (Wildman–Crippen LogP) is 1.65. The molecule has 1 saturated heterocycles. The highest BCUT2D eigenvalue weighted by Gasteiger charge is 2.23. The summed E-state index contributed by atoms with van der Waals surface area (Å²) < 4.78 is 5.80. The first-order chi connectivity index (χ1) is 8.33. The normalized spacial score (nSPS) is 21.9. The Balaban J connectivity index is 1.94. The van der Waals surface area contributed by atoms with Crippen LogP contribution in [0.1, 0.15) is 30.7 Å². The molecule has 0 radical (unpaired) electrons. The van der Waals surface area contributed by atoms with E-state index in [4.69, 9.17) is 4.74 Å². The minimum atomic E-state index is 0.170. The molecule has 1 aromatic rings. The molecule has 0 saturated carbocycles. The van der Waals surface area contributed by atoms with Gasteiger partial charge < -0.3 is 10.1 Å². The van der Waals surface area contributed by atoms with E-state index in [-0.39, 0.29) is 6.10 Å². The van der Waals surface area contributed by atoms with Gasteiger partial charge in [-0.2, -0.15) is 0 Å². The van der Waals surface area contributed by atoms with Crippen molar-refractivity contribution in [2.24, 2.45) is 0 Å². The maximum atomic E-state index is 5.80. The largest absolute Gasteiger partial charge is 0.368 e. The smallest absolute Gasteiger partial charge is 0.123 e. The molecule has 5 heteroatoms. The molecule has 0 bridgehead atoms. The average Bonchev–Trinajstić information content (AvgIpc) is 2.85. The summed E-state index contributed by atoms with van der Waals surface area (Å²) in [6.07, 6.45) is 0.170. The van der Waals surface area contributed by atoms with Crippen LogP contribution < -0.4 is 5.32 Å². The second kappa shape index (κ2) is 6.44. The number of morpholine rings is 1. The summed E-state index contributed by atoms with van der Waals surface area (Å²) >= 11 is 1.72. The lowest BCUT2D eigenvalue weighted by atomic mass is 10.3. The summed E-state index contributed by atoms with van der Waals surface area (Å²) in [5.74, 6) is 0. The van der Waals surface area contributed by atoms with E-state index in [1.54, 1.807) is 11.3 Å². The van der Waals surface area contributed by atoms with Crippen LogP contribution in [0.4, 0.5) is 0 Å². The number of ether oxygens (including phenoxy) is 1. The molecule has 1 aliphatic heterocycles. The van der Waals surface area contributed by atoms with Crippen molar-refractivity contribution in [2.75, 3.05) is 32.8 Å². The lowest BCUT2D eigenvalue weighted by Gasteiger charge is -2.30. The van der Waals surface area contributed by atoms with Crippen molar-refractivity contribution in [1.29, 1.82) is 0 Å². The SMILES string of the molecule is CCNCc1csc(C2CN(CC)CCO2)n1. The summed E-state index contributed by atoms with van der Waals surface area (Å²) in [5, 5.41) is 6.55. The van der Waals surface area contributed by atoms with Crippen molar-refractivity contribution in [3.8, 4) is 0 Å². The topological polar surface area (TPSA) is 37.4 Å². The Morgan fingerprint density at radius 2 is 2.47 bits per heavy atom. The second-order valence-corrected chi connectivity index (χ2v) is 5.10. The molecular formula is C12H21N3OS. The molecule has 0 spiro atoms. The summed E-state index contributed by atoms with van der Waals surface area (Å²) in [5.41, 5.74) is 1.13. The lowest BCUT2D eigenvalue weighted by molar-refractivity contribution is -0.0283. The molecule has 1 fully saturated rings. The first-order valence-corrected chi connectivity index (χ1v) is 7.20. The zero-order chi connectivity index (χ0) is 12.1. The van der Waals surface area contributed by atoms with Gasteiger partial charge in [0.25, 0.3) is 0 Å². The Labute approximate surface area is 107 Å². The summed E-state index contributed by atoms with van der Waals surface area (Å²) in [6.45, 7) is 10.1. The van der Waals surface area contributed by atoms with E-state index in [1.807, 2.05) is 0 Å². The van der Waals surface area contributed by atoms with Crippen LogP contribution in [-0.4, -0.2) is 42.7 Å². The van der Waals surface area contributed by atoms with Crippen molar-refractivity contribution in [3.05, 3.63) is 16.1 Å². The van der Waals surface area contributed by atoms with E-state index in [9.17, 15) is 0 Å². The van der Waals surface area contributed by atoms with Crippen molar-refractivity contribution in [1.82, 2.24) is 15.2 Å². The number of hydrogen-bond acceptors (Lipinski definition) is 5. The third-order valence-electron chi connectivity index (χ3n) is 3.00. The number of likely N-dealkylation sites (N-methyl/N-ethyl adjacent to an activating group) is 1. The number of thiazole rings is 1. The molecule has 0 aliphatic carbocycles. The minimum absolute atomic E-state index is 0.170. The highest BCUT2D eigenvalue weighted by atomic mass is 32.1. The number of aromatic nitrogens is 1. The van der Waals surface area contributed by atoms with Crippen LogP contribution in [-0.2, 0) is 11.3 Å². The van der Waals surface area contributed by atoms with Crippen LogP contribution in [0.15, 0.2) is 5.38 Å². The second-order valence-electron chi connectivity index (χ2n) is 4.21. The van der Waals surface area contributed by atoms with Gasteiger partial charge in [0.1, 0.15) is 11.1 Å². The molecule has 0 aromatic carbocycles. The van der Waals surface area contributed by atoms with Gasteiger partial charge in [0, 0.05) is 25.0 Å². The van der Waals surface area contributed by atoms with Gasteiger partial charge in [-0.1, -0.05) is 13.8 Å². The van der Waals surface area contributed by atoms with Crippen LogP contribution in [0.2, 0.25) is 0 Å². The first-order valence-electron chi connectivity index (χ1n) is 6.32. The minimum Gasteiger partial charge on any atom is -0.368 e. The Morgan fingerprint density at radius 3 is 3.24 bits per heavy atom. The molecular weight excluding hydrogens is 234 g/mol. The Kier molecular flexibility index (Phi) is 4.91. The van der Waals surface area contributed by atoms with Gasteiger partial charge in [-0.05, 0) is 13.1 Å². The number of rotatable bonds is 5. The van der Waals surface area contributed by atoms with Gasteiger partial charge in [-0.15, -0.1) is 11.3 Å². The Bertz CT molecular complexity index is 342. The van der Waals surface area contributed by atoms with Crippen molar-refractivity contribution < 1.29 is 4.74 Å². The third-order valence-corrected chi connectivity index (χ3v) is 3.98. The van der Waals surface area contributed by atoms with E-state index in [0.717, 1.165) is 50.0 Å². The molecule has 1 unspecified atom stereocenters. The summed E-state index contributed by atoms with van der Waals surface area (Å²) in [6, 6.07) is 0. The molecule has 1 atom stereocenters. The standard InChI is InChI=1S/C12H21N3OS/c1-3-13-7-10-9-17-12(14-10)11-8-15(4-2)5-6-16-11/h9,11,13H,3-8H2,1-2H3. The van der Waals surface area contributed by atoms with Crippen LogP contribution in [0.3, 0.4) is 0 Å². The fraction of sp³-hybridized carbons (Fsp3) is 0.750. The number of hydrogen-bond donors (Lipinski definition) is 1. The van der Waals surface area contributed by atoms with Crippen LogP contribution in [0, 0.1) is 0 Å². The van der Waals surface area contributed by atoms with Crippen LogP contribution in [0.5, 0.6) is 0 Å². The number of nitrogens with one attached hydrogen (secondary N) is 1. The molecule has 1 N–H and O–H groups in total. The molecule has 0 amide bonds. The highest BCUT2D eigenvalue weighted by Crippen LogP contribution is 2.25. The van der Waals surface area contributed by atoms with Crippen LogP contribution >= 0.6 is 11.3 Å². The molecule has 96 valence electrons. The van der Waals surface area contributed by atoms with Gasteiger partial charge >= 0.3 is 0 Å². The maximum absolute atomic E-state index is 5.80. The fourth-order valence-corrected chi connectivity index (χ4v) is 2.80. The lowest BCUT2D eigenvalue weighted by Crippen LogP contribution is -2.38. The van der Waals surface area contributed by atoms with E-state index in [1.165, 1.54) is 0 Å². The Morgan fingerprint density at radius 1 is 1.59 bits per heavy atom. The highest BCUT2D eigenvalue weighted by molar-refractivity contribution is 7.09. The van der Waals surface area contributed by atoms with Gasteiger partial charge in [0.2, 0.25) is 0 Å². The molecule has 2 heterocycles. The molecule has 1 aromatic heterocycles. The van der Waals surface area contributed by atoms with E-state index >= 15 is 0 Å². The molecule has 4 nitrogen and oxygen atoms in total. The number of nitrogens with zero attached hydrogens (tertiary/aromatic N) is 2. The van der Waals surface area contributed by atoms with Crippen molar-refractivity contribution in [3.63, 3.8) is 0 Å². The molecule has 1 aliphatic rings. The van der Waals surface area contributed by atoms with E-state index in [2.05, 4.69) is 34.4 Å². The van der Waals surface area contributed by atoms with Crippen molar-refractivity contribution in [2.45, 2.75) is 26.5 Å². The summed E-state index contributed by atoms with van der Waals surface area (Å²) in [7, 11) is 0. The predicted molar refractivity (Wildman–Crippen MR) is 70.3 cm³/mol.